The smallest absolute Gasteiger partial charge is 0.355 e. The van der Waals surface area contributed by atoms with Crippen LogP contribution < -0.4 is 0 Å². The van der Waals surface area contributed by atoms with E-state index in [1.165, 1.54) is 0 Å². The second-order valence-corrected chi connectivity index (χ2v) is 11.2. The minimum absolute atomic E-state index is 0.198. The number of carbonyl (C=O) groups excluding carboxylic acids is 2. The van der Waals surface area contributed by atoms with Gasteiger partial charge in [0.15, 0.2) is 11.0 Å². The van der Waals surface area contributed by atoms with Crippen LogP contribution in [0.25, 0.3) is 11.1 Å². The molecular formula is C25H30ClNO5S. The zero-order chi connectivity index (χ0) is 25.0. The van der Waals surface area contributed by atoms with Crippen LogP contribution in [0.5, 0.6) is 0 Å². The van der Waals surface area contributed by atoms with Crippen LogP contribution in [-0.4, -0.2) is 38.2 Å². The molecule has 0 bridgehead atoms. The molecule has 0 aliphatic carbocycles. The number of ether oxygens (including phenoxy) is 2. The summed E-state index contributed by atoms with van der Waals surface area (Å²) in [5.41, 5.74) is 0.130. The summed E-state index contributed by atoms with van der Waals surface area (Å²) in [6, 6.07) is 14.3. The molecule has 2 aromatic rings. The predicted octanol–water partition coefficient (Wildman–Crippen LogP) is 5.53. The summed E-state index contributed by atoms with van der Waals surface area (Å²) in [4.78, 5) is 25.5. The normalized spacial score (nSPS) is 12.6. The first-order chi connectivity index (χ1) is 15.2. The molecule has 2 rings (SSSR count). The van der Waals surface area contributed by atoms with Crippen molar-refractivity contribution in [2.45, 2.75) is 57.6 Å². The number of hydrogen-bond donors (Lipinski definition) is 0. The molecule has 0 amide bonds. The van der Waals surface area contributed by atoms with Crippen LogP contribution in [0, 0.1) is 0 Å². The van der Waals surface area contributed by atoms with Crippen molar-refractivity contribution in [2.75, 3.05) is 6.54 Å². The van der Waals surface area contributed by atoms with E-state index in [-0.39, 0.29) is 5.70 Å². The summed E-state index contributed by atoms with van der Waals surface area (Å²) in [5, 5.41) is 0.634. The van der Waals surface area contributed by atoms with Gasteiger partial charge in [-0.1, -0.05) is 42.4 Å². The van der Waals surface area contributed by atoms with Gasteiger partial charge in [0.1, 0.15) is 23.4 Å². The molecule has 0 saturated carbocycles. The third kappa shape index (κ3) is 8.33. The summed E-state index contributed by atoms with van der Waals surface area (Å²) >= 11 is 5.95. The maximum atomic E-state index is 13.4. The van der Waals surface area contributed by atoms with Crippen molar-refractivity contribution >= 4 is 34.5 Å². The lowest BCUT2D eigenvalue weighted by molar-refractivity contribution is -0.155. The highest BCUT2D eigenvalue weighted by Crippen LogP contribution is 2.25. The second-order valence-electron chi connectivity index (χ2n) is 9.35. The summed E-state index contributed by atoms with van der Waals surface area (Å²) in [6.07, 6.45) is 0. The highest BCUT2D eigenvalue weighted by atomic mass is 35.5. The van der Waals surface area contributed by atoms with Crippen LogP contribution in [0.1, 0.15) is 41.5 Å². The van der Waals surface area contributed by atoms with Gasteiger partial charge in [0, 0.05) is 5.02 Å². The fraction of sp³-hybridized carbons (Fsp3) is 0.360. The molecule has 178 valence electrons. The van der Waals surface area contributed by atoms with Crippen LogP contribution in [-0.2, 0) is 30.0 Å². The van der Waals surface area contributed by atoms with Gasteiger partial charge in [-0.15, -0.1) is 0 Å². The lowest BCUT2D eigenvalue weighted by Gasteiger charge is -2.28. The van der Waals surface area contributed by atoms with Gasteiger partial charge in [-0.3, -0.25) is 9.10 Å². The minimum atomic E-state index is -1.91. The van der Waals surface area contributed by atoms with Crippen LogP contribution in [0.2, 0.25) is 5.02 Å². The van der Waals surface area contributed by atoms with Crippen LogP contribution in [0.4, 0.5) is 0 Å². The van der Waals surface area contributed by atoms with Gasteiger partial charge in [-0.2, -0.15) is 0 Å². The Kier molecular flexibility index (Phi) is 8.49. The third-order valence-electron chi connectivity index (χ3n) is 4.06. The van der Waals surface area contributed by atoms with Crippen LogP contribution in [0.15, 0.2) is 65.7 Å². The summed E-state index contributed by atoms with van der Waals surface area (Å²) in [5.74, 6) is -1.41. The van der Waals surface area contributed by atoms with Crippen LogP contribution >= 0.6 is 11.6 Å². The average molecular weight is 492 g/mol. The maximum absolute atomic E-state index is 13.4. The molecule has 0 radical (unpaired) electrons. The molecule has 0 aliphatic rings. The molecule has 1 atom stereocenters. The molecule has 1 unspecified atom stereocenters. The van der Waals surface area contributed by atoms with E-state index < -0.39 is 40.7 Å². The van der Waals surface area contributed by atoms with Crippen molar-refractivity contribution in [3.63, 3.8) is 0 Å². The van der Waals surface area contributed by atoms with Gasteiger partial charge in [0.05, 0.1) is 4.90 Å². The lowest BCUT2D eigenvalue weighted by atomic mass is 10.1. The highest BCUT2D eigenvalue weighted by Gasteiger charge is 2.30. The van der Waals surface area contributed by atoms with E-state index in [0.717, 1.165) is 15.4 Å². The summed E-state index contributed by atoms with van der Waals surface area (Å²) < 4.78 is 25.2. The lowest BCUT2D eigenvalue weighted by Crippen LogP contribution is -2.39. The van der Waals surface area contributed by atoms with E-state index in [1.807, 2.05) is 12.1 Å². The van der Waals surface area contributed by atoms with E-state index in [9.17, 15) is 13.8 Å². The third-order valence-corrected chi connectivity index (χ3v) is 5.74. The Balaban J connectivity index is 2.31. The van der Waals surface area contributed by atoms with E-state index >= 15 is 0 Å². The zero-order valence-corrected chi connectivity index (χ0v) is 21.4. The SMILES string of the molecule is C=C(C(=O)OC(C)(C)C)N(CC(=O)OC(C)(C)C)S(=O)c1ccc(-c2ccc(Cl)cc2)cc1. The van der Waals surface area contributed by atoms with Crippen molar-refractivity contribution in [1.82, 2.24) is 4.31 Å². The predicted molar refractivity (Wildman–Crippen MR) is 131 cm³/mol. The molecular weight excluding hydrogens is 462 g/mol. The highest BCUT2D eigenvalue weighted by molar-refractivity contribution is 7.82. The van der Waals surface area contributed by atoms with Gasteiger partial charge in [-0.25, -0.2) is 9.00 Å². The molecule has 0 saturated heterocycles. The number of hydrogen-bond acceptors (Lipinski definition) is 5. The Morgan fingerprint density at radius 3 is 1.79 bits per heavy atom. The average Bonchev–Trinajstić information content (AvgIpc) is 2.69. The number of esters is 2. The van der Waals surface area contributed by atoms with Gasteiger partial charge in [-0.05, 0) is 76.9 Å². The van der Waals surface area contributed by atoms with Crippen molar-refractivity contribution in [3.8, 4) is 11.1 Å². The number of nitrogens with zero attached hydrogens (tertiary/aromatic N) is 1. The molecule has 0 aliphatic heterocycles. The fourth-order valence-electron chi connectivity index (χ4n) is 2.72. The number of rotatable bonds is 7. The van der Waals surface area contributed by atoms with Gasteiger partial charge in [0.2, 0.25) is 0 Å². The number of carbonyl (C=O) groups is 2. The molecule has 0 spiro atoms. The standard InChI is InChI=1S/C25H30ClNO5S/c1-17(23(29)32-25(5,6)7)27(16-22(28)31-24(2,3)4)33(30)21-14-10-19(11-15-21)18-8-12-20(26)13-9-18/h8-15H,1,16H2,2-7H3. The van der Waals surface area contributed by atoms with E-state index in [4.69, 9.17) is 21.1 Å². The Morgan fingerprint density at radius 1 is 0.879 bits per heavy atom. The Morgan fingerprint density at radius 2 is 1.33 bits per heavy atom. The van der Waals surface area contributed by atoms with E-state index in [2.05, 4.69) is 6.58 Å². The van der Waals surface area contributed by atoms with E-state index in [1.54, 1.807) is 77.9 Å². The molecule has 0 N–H and O–H groups in total. The second kappa shape index (κ2) is 10.5. The van der Waals surface area contributed by atoms with Gasteiger partial charge >= 0.3 is 11.9 Å². The first-order valence-corrected chi connectivity index (χ1v) is 11.8. The first-order valence-electron chi connectivity index (χ1n) is 10.4. The molecule has 0 fully saturated rings. The van der Waals surface area contributed by atoms with Crippen molar-refractivity contribution in [1.29, 1.82) is 0 Å². The van der Waals surface area contributed by atoms with Gasteiger partial charge in [0.25, 0.3) is 0 Å². The van der Waals surface area contributed by atoms with Gasteiger partial charge < -0.3 is 9.47 Å². The van der Waals surface area contributed by atoms with Crippen molar-refractivity contribution in [3.05, 3.63) is 65.8 Å². The zero-order valence-electron chi connectivity index (χ0n) is 19.8. The molecule has 0 heterocycles. The monoisotopic (exact) mass is 491 g/mol. The van der Waals surface area contributed by atoms with Crippen molar-refractivity contribution < 1.29 is 23.3 Å². The molecule has 2 aromatic carbocycles. The largest absolute Gasteiger partial charge is 0.459 e. The number of halogens is 1. The topological polar surface area (TPSA) is 72.9 Å². The number of benzene rings is 2. The van der Waals surface area contributed by atoms with E-state index in [0.29, 0.717) is 9.92 Å². The molecule has 6 nitrogen and oxygen atoms in total. The van der Waals surface area contributed by atoms with Crippen LogP contribution in [0.3, 0.4) is 0 Å². The summed E-state index contributed by atoms with van der Waals surface area (Å²) in [7, 11) is -1.91. The quantitative estimate of drug-likeness (QED) is 0.376. The first kappa shape index (κ1) is 26.6. The molecule has 8 heteroatoms. The molecule has 0 aromatic heterocycles. The maximum Gasteiger partial charge on any atom is 0.355 e. The minimum Gasteiger partial charge on any atom is -0.459 e. The van der Waals surface area contributed by atoms with Crippen molar-refractivity contribution in [2.24, 2.45) is 0 Å². The fourth-order valence-corrected chi connectivity index (χ4v) is 3.96. The Hall–Kier alpha value is -2.64. The Bertz CT molecular complexity index is 1030. The Labute approximate surface area is 203 Å². The summed E-state index contributed by atoms with van der Waals surface area (Å²) in [6.45, 7) is 13.6. The molecule has 33 heavy (non-hydrogen) atoms.